The van der Waals surface area contributed by atoms with Crippen molar-refractivity contribution in [2.75, 3.05) is 26.3 Å². The average molecular weight is 358 g/mol. The highest BCUT2D eigenvalue weighted by molar-refractivity contribution is 7.12. The van der Waals surface area contributed by atoms with Gasteiger partial charge in [-0.15, -0.1) is 11.3 Å². The van der Waals surface area contributed by atoms with Gasteiger partial charge in [0, 0.05) is 30.6 Å². The number of carbonyl (C=O) groups excluding carboxylic acids is 2. The maximum absolute atomic E-state index is 12.9. The van der Waals surface area contributed by atoms with Gasteiger partial charge in [-0.05, 0) is 25.0 Å². The van der Waals surface area contributed by atoms with Gasteiger partial charge in [-0.2, -0.15) is 0 Å². The van der Waals surface area contributed by atoms with Gasteiger partial charge in [0.15, 0.2) is 17.3 Å². The molecule has 1 amide bonds. The van der Waals surface area contributed by atoms with Crippen LogP contribution in [0.1, 0.15) is 33.0 Å². The van der Waals surface area contributed by atoms with Crippen molar-refractivity contribution in [3.63, 3.8) is 0 Å². The molecule has 4 heterocycles. The molecule has 0 radical (unpaired) electrons. The summed E-state index contributed by atoms with van der Waals surface area (Å²) in [5.74, 6) is 0.888. The van der Waals surface area contributed by atoms with E-state index in [0.29, 0.717) is 48.4 Å². The van der Waals surface area contributed by atoms with E-state index in [9.17, 15) is 9.59 Å². The van der Waals surface area contributed by atoms with Crippen LogP contribution in [0.2, 0.25) is 0 Å². The van der Waals surface area contributed by atoms with Gasteiger partial charge in [0.2, 0.25) is 0 Å². The molecule has 0 bridgehead atoms. The van der Waals surface area contributed by atoms with Crippen molar-refractivity contribution in [2.24, 2.45) is 5.92 Å². The summed E-state index contributed by atoms with van der Waals surface area (Å²) in [4.78, 5) is 32.0. The predicted molar refractivity (Wildman–Crippen MR) is 92.5 cm³/mol. The van der Waals surface area contributed by atoms with Crippen LogP contribution >= 0.6 is 11.3 Å². The zero-order chi connectivity index (χ0) is 17.2. The maximum Gasteiger partial charge on any atom is 0.267 e. The van der Waals surface area contributed by atoms with E-state index < -0.39 is 0 Å². The average Bonchev–Trinajstić information content (AvgIpc) is 3.12. The molecule has 1 unspecified atom stereocenters. The molecule has 6 nitrogen and oxygen atoms in total. The number of likely N-dealkylation sites (tertiary alicyclic amines) is 1. The molecule has 0 saturated carbocycles. The minimum absolute atomic E-state index is 0.00546. The molecule has 25 heavy (non-hydrogen) atoms. The van der Waals surface area contributed by atoms with E-state index in [1.54, 1.807) is 29.3 Å². The molecular formula is C18H18N2O4S. The first-order valence-corrected chi connectivity index (χ1v) is 9.23. The number of nitrogens with zero attached hydrogens (tertiary/aromatic N) is 2. The molecule has 2 aromatic heterocycles. The second-order valence-corrected chi connectivity index (χ2v) is 7.00. The number of aromatic nitrogens is 1. The summed E-state index contributed by atoms with van der Waals surface area (Å²) in [5, 5.41) is 1.81. The Balaban J connectivity index is 1.50. The molecule has 1 saturated heterocycles. The van der Waals surface area contributed by atoms with Crippen LogP contribution in [0, 0.1) is 5.92 Å². The Morgan fingerprint density at radius 3 is 2.96 bits per heavy atom. The SMILES string of the molecule is O=C(c1ccccn1)C1CCCN(C(=O)c2scc3c2OCCO3)C1. The summed E-state index contributed by atoms with van der Waals surface area (Å²) in [5.41, 5.74) is 0.465. The standard InChI is InChI=1S/C18H18N2O4S/c21-15(13-5-1-2-6-19-13)12-4-3-7-20(10-12)18(22)17-16-14(11-25-17)23-8-9-24-16/h1-2,5-6,11-12H,3-4,7-10H2. The van der Waals surface area contributed by atoms with E-state index >= 15 is 0 Å². The number of fused-ring (bicyclic) bond motifs is 1. The molecule has 7 heteroatoms. The lowest BCUT2D eigenvalue weighted by Crippen LogP contribution is -2.42. The summed E-state index contributed by atoms with van der Waals surface area (Å²) in [6.45, 7) is 2.02. The zero-order valence-electron chi connectivity index (χ0n) is 13.6. The first-order chi connectivity index (χ1) is 12.2. The number of hydrogen-bond donors (Lipinski definition) is 0. The highest BCUT2D eigenvalue weighted by Crippen LogP contribution is 2.40. The van der Waals surface area contributed by atoms with Gasteiger partial charge < -0.3 is 14.4 Å². The van der Waals surface area contributed by atoms with Gasteiger partial charge in [0.1, 0.15) is 23.8 Å². The van der Waals surface area contributed by atoms with Crippen LogP contribution in [0.25, 0.3) is 0 Å². The molecule has 0 aromatic carbocycles. The van der Waals surface area contributed by atoms with Crippen LogP contribution in [0.15, 0.2) is 29.8 Å². The number of thiophene rings is 1. The van der Waals surface area contributed by atoms with Gasteiger partial charge in [-0.1, -0.05) is 6.07 Å². The Kier molecular flexibility index (Phi) is 4.40. The third kappa shape index (κ3) is 3.11. The van der Waals surface area contributed by atoms with Crippen molar-refractivity contribution in [3.8, 4) is 11.5 Å². The number of pyridine rings is 1. The van der Waals surface area contributed by atoms with Crippen molar-refractivity contribution in [1.82, 2.24) is 9.88 Å². The Morgan fingerprint density at radius 1 is 1.24 bits per heavy atom. The second-order valence-electron chi connectivity index (χ2n) is 6.12. The quantitative estimate of drug-likeness (QED) is 0.789. The Hall–Kier alpha value is -2.41. The van der Waals surface area contributed by atoms with Gasteiger partial charge in [-0.25, -0.2) is 0 Å². The van der Waals surface area contributed by atoms with E-state index in [2.05, 4.69) is 4.98 Å². The number of amides is 1. The van der Waals surface area contributed by atoms with Crippen LogP contribution < -0.4 is 9.47 Å². The fourth-order valence-corrected chi connectivity index (χ4v) is 4.14. The molecular weight excluding hydrogens is 340 g/mol. The number of hydrogen-bond acceptors (Lipinski definition) is 6. The highest BCUT2D eigenvalue weighted by atomic mass is 32.1. The summed E-state index contributed by atoms with van der Waals surface area (Å²) >= 11 is 1.33. The summed E-state index contributed by atoms with van der Waals surface area (Å²) in [7, 11) is 0. The number of rotatable bonds is 3. The number of carbonyl (C=O) groups is 2. The van der Waals surface area contributed by atoms with E-state index in [1.807, 2.05) is 5.38 Å². The molecule has 2 aromatic rings. The summed E-state index contributed by atoms with van der Waals surface area (Å²) in [6.07, 6.45) is 3.20. The smallest absolute Gasteiger partial charge is 0.267 e. The van der Waals surface area contributed by atoms with Crippen molar-refractivity contribution in [2.45, 2.75) is 12.8 Å². The number of piperidine rings is 1. The summed E-state index contributed by atoms with van der Waals surface area (Å²) < 4.78 is 11.1. The lowest BCUT2D eigenvalue weighted by Gasteiger charge is -2.32. The molecule has 0 aliphatic carbocycles. The second kappa shape index (κ2) is 6.84. The topological polar surface area (TPSA) is 68.7 Å². The molecule has 1 fully saturated rings. The molecule has 4 rings (SSSR count). The molecule has 130 valence electrons. The van der Waals surface area contributed by atoms with E-state index in [4.69, 9.17) is 9.47 Å². The minimum Gasteiger partial charge on any atom is -0.485 e. The van der Waals surface area contributed by atoms with Crippen molar-refractivity contribution in [1.29, 1.82) is 0 Å². The van der Waals surface area contributed by atoms with Crippen molar-refractivity contribution in [3.05, 3.63) is 40.3 Å². The third-order valence-electron chi connectivity index (χ3n) is 4.49. The van der Waals surface area contributed by atoms with Gasteiger partial charge >= 0.3 is 0 Å². The lowest BCUT2D eigenvalue weighted by atomic mass is 9.92. The van der Waals surface area contributed by atoms with E-state index in [1.165, 1.54) is 11.3 Å². The Labute approximate surface area is 149 Å². The Bertz CT molecular complexity index is 790. The monoisotopic (exact) mass is 358 g/mol. The van der Waals surface area contributed by atoms with Gasteiger partial charge in [0.25, 0.3) is 5.91 Å². The normalized spacial score (nSPS) is 19.5. The van der Waals surface area contributed by atoms with Crippen LogP contribution in [0.3, 0.4) is 0 Å². The number of ketones is 1. The van der Waals surface area contributed by atoms with Crippen LogP contribution in [0.4, 0.5) is 0 Å². The highest BCUT2D eigenvalue weighted by Gasteiger charge is 2.33. The minimum atomic E-state index is -0.208. The fraction of sp³-hybridized carbons (Fsp3) is 0.389. The molecule has 2 aliphatic rings. The zero-order valence-corrected chi connectivity index (χ0v) is 14.5. The largest absolute Gasteiger partial charge is 0.485 e. The van der Waals surface area contributed by atoms with Gasteiger partial charge in [0.05, 0.1) is 0 Å². The van der Waals surface area contributed by atoms with E-state index in [0.717, 1.165) is 12.8 Å². The maximum atomic E-state index is 12.9. The fourth-order valence-electron chi connectivity index (χ4n) is 3.25. The van der Waals surface area contributed by atoms with Crippen LogP contribution in [-0.4, -0.2) is 47.9 Å². The van der Waals surface area contributed by atoms with E-state index in [-0.39, 0.29) is 17.6 Å². The molecule has 2 aliphatic heterocycles. The number of Topliss-reactive ketones (excluding diaryl/α,β-unsaturated/α-hetero) is 1. The first-order valence-electron chi connectivity index (χ1n) is 8.35. The van der Waals surface area contributed by atoms with Crippen molar-refractivity contribution < 1.29 is 19.1 Å². The summed E-state index contributed by atoms with van der Waals surface area (Å²) in [6, 6.07) is 5.32. The third-order valence-corrected chi connectivity index (χ3v) is 5.42. The predicted octanol–water partition coefficient (Wildman–Crippen LogP) is 2.65. The van der Waals surface area contributed by atoms with Gasteiger partial charge in [-0.3, -0.25) is 14.6 Å². The van der Waals surface area contributed by atoms with Crippen LogP contribution in [0.5, 0.6) is 11.5 Å². The molecule has 1 atom stereocenters. The number of ether oxygens (including phenoxy) is 2. The molecule has 0 N–H and O–H groups in total. The van der Waals surface area contributed by atoms with Crippen LogP contribution in [-0.2, 0) is 0 Å². The lowest BCUT2D eigenvalue weighted by molar-refractivity contribution is 0.0633. The van der Waals surface area contributed by atoms with Crippen molar-refractivity contribution >= 4 is 23.0 Å². The molecule has 0 spiro atoms. The first kappa shape index (κ1) is 16.1. The Morgan fingerprint density at radius 2 is 2.12 bits per heavy atom.